The van der Waals surface area contributed by atoms with Crippen LogP contribution in [0.5, 0.6) is 0 Å². The van der Waals surface area contributed by atoms with Crippen LogP contribution < -0.4 is 4.90 Å². The normalized spacial score (nSPS) is 18.7. The number of likely N-dealkylation sites (N-methyl/N-ethyl adjacent to an activating group) is 1. The van der Waals surface area contributed by atoms with Crippen LogP contribution in [0, 0.1) is 0 Å². The second-order valence-corrected chi connectivity index (χ2v) is 7.60. The Morgan fingerprint density at radius 3 is 2.26 bits per heavy atom. The van der Waals surface area contributed by atoms with Crippen molar-refractivity contribution in [3.8, 4) is 0 Å². The first-order valence-corrected chi connectivity index (χ1v) is 8.36. The molecule has 1 fully saturated rings. The van der Waals surface area contributed by atoms with Gasteiger partial charge in [0.2, 0.25) is 10.0 Å². The topological polar surface area (TPSA) is 41.8 Å². The van der Waals surface area contributed by atoms with E-state index in [1.54, 1.807) is 0 Å². The Kier molecular flexibility index (Phi) is 4.65. The molecule has 1 aromatic rings. The monoisotopic (exact) mass is 343 g/mol. The third-order valence-electron chi connectivity index (χ3n) is 3.19. The van der Waals surface area contributed by atoms with Crippen molar-refractivity contribution in [2.45, 2.75) is 4.90 Å². The van der Waals surface area contributed by atoms with Crippen molar-refractivity contribution in [1.82, 2.24) is 4.31 Å². The minimum Gasteiger partial charge on any atom is -0.335 e. The van der Waals surface area contributed by atoms with E-state index >= 15 is 0 Å². The van der Waals surface area contributed by atoms with Crippen LogP contribution in [0.15, 0.2) is 17.0 Å². The average Bonchev–Trinajstić information content (AvgIpc) is 2.36. The lowest BCUT2D eigenvalue weighted by Gasteiger charge is -2.29. The van der Waals surface area contributed by atoms with Gasteiger partial charge in [-0.05, 0) is 12.1 Å². The molecule has 0 atom stereocenters. The Bertz CT molecular complexity index is 584. The van der Waals surface area contributed by atoms with Gasteiger partial charge in [-0.3, -0.25) is 0 Å². The quantitative estimate of drug-likeness (QED) is 0.818. The van der Waals surface area contributed by atoms with E-state index < -0.39 is 10.0 Å². The molecule has 0 aromatic heterocycles. The van der Waals surface area contributed by atoms with E-state index in [1.165, 1.54) is 21.3 Å². The van der Waals surface area contributed by atoms with Gasteiger partial charge in [-0.2, -0.15) is 4.31 Å². The molecule has 0 radical (unpaired) electrons. The van der Waals surface area contributed by atoms with Crippen molar-refractivity contribution in [3.05, 3.63) is 27.2 Å². The molecule has 1 N–H and O–H groups in total. The Labute approximate surface area is 127 Å². The van der Waals surface area contributed by atoms with Crippen LogP contribution >= 0.6 is 34.8 Å². The van der Waals surface area contributed by atoms with Crippen LogP contribution in [-0.4, -0.2) is 45.9 Å². The summed E-state index contributed by atoms with van der Waals surface area (Å²) in [5, 5.41) is 0.304. The number of hydrogen-bond acceptors (Lipinski definition) is 2. The van der Waals surface area contributed by atoms with Crippen LogP contribution in [0.4, 0.5) is 0 Å². The molecule has 1 aliphatic rings. The van der Waals surface area contributed by atoms with Crippen LogP contribution in [-0.2, 0) is 10.0 Å². The van der Waals surface area contributed by atoms with E-state index in [0.717, 1.165) is 13.1 Å². The van der Waals surface area contributed by atoms with Crippen LogP contribution in [0.25, 0.3) is 0 Å². The van der Waals surface area contributed by atoms with E-state index in [9.17, 15) is 8.42 Å². The molecule has 0 aliphatic carbocycles. The summed E-state index contributed by atoms with van der Waals surface area (Å²) in [5.74, 6) is 0. The zero-order chi connectivity index (χ0) is 14.2. The molecule has 19 heavy (non-hydrogen) atoms. The molecule has 0 unspecified atom stereocenters. The second-order valence-electron chi connectivity index (χ2n) is 4.53. The molecule has 4 nitrogen and oxygen atoms in total. The number of benzene rings is 1. The highest BCUT2D eigenvalue weighted by Gasteiger charge is 2.31. The SMILES string of the molecule is C[NH+]1CCN(S(=O)(=O)c2ccc(Cl)c(Cl)c2Cl)CC1. The fourth-order valence-corrected chi connectivity index (χ4v) is 4.35. The fraction of sp³-hybridized carbons (Fsp3) is 0.455. The van der Waals surface area contributed by atoms with Crippen molar-refractivity contribution >= 4 is 44.8 Å². The summed E-state index contributed by atoms with van der Waals surface area (Å²) in [6, 6.07) is 2.85. The van der Waals surface area contributed by atoms with Gasteiger partial charge in [0.15, 0.2) is 0 Å². The fourth-order valence-electron chi connectivity index (χ4n) is 1.95. The maximum Gasteiger partial charge on any atom is 0.245 e. The number of nitrogens with zero attached hydrogens (tertiary/aromatic N) is 1. The molecular weight excluding hydrogens is 331 g/mol. The van der Waals surface area contributed by atoms with E-state index in [2.05, 4.69) is 0 Å². The first-order chi connectivity index (χ1) is 8.84. The van der Waals surface area contributed by atoms with Crippen molar-refractivity contribution in [2.24, 2.45) is 0 Å². The summed E-state index contributed by atoms with van der Waals surface area (Å²) in [6.07, 6.45) is 0. The third-order valence-corrected chi connectivity index (χ3v) is 6.54. The van der Waals surface area contributed by atoms with Gasteiger partial charge in [0.25, 0.3) is 0 Å². The minimum absolute atomic E-state index is 0.0135. The van der Waals surface area contributed by atoms with Crippen molar-refractivity contribution < 1.29 is 13.3 Å². The third kappa shape index (κ3) is 3.01. The molecular formula is C11H14Cl3N2O2S+. The van der Waals surface area contributed by atoms with E-state index in [0.29, 0.717) is 13.1 Å². The molecule has 8 heteroatoms. The molecule has 2 rings (SSSR count). The molecule has 1 aromatic carbocycles. The van der Waals surface area contributed by atoms with Crippen molar-refractivity contribution in [1.29, 1.82) is 0 Å². The van der Waals surface area contributed by atoms with E-state index in [1.807, 2.05) is 7.05 Å². The van der Waals surface area contributed by atoms with Crippen LogP contribution in [0.1, 0.15) is 0 Å². The van der Waals surface area contributed by atoms with Gasteiger partial charge < -0.3 is 4.90 Å². The minimum atomic E-state index is -3.61. The van der Waals surface area contributed by atoms with Gasteiger partial charge in [-0.15, -0.1) is 0 Å². The molecule has 1 saturated heterocycles. The number of hydrogen-bond donors (Lipinski definition) is 1. The summed E-state index contributed by atoms with van der Waals surface area (Å²) in [7, 11) is -1.57. The number of piperazine rings is 1. The first kappa shape index (κ1) is 15.4. The largest absolute Gasteiger partial charge is 0.335 e. The number of nitrogens with one attached hydrogen (secondary N) is 1. The number of halogens is 3. The molecule has 0 spiro atoms. The zero-order valence-corrected chi connectivity index (χ0v) is 13.4. The lowest BCUT2D eigenvalue weighted by molar-refractivity contribution is -0.883. The Morgan fingerprint density at radius 2 is 1.68 bits per heavy atom. The molecule has 106 valence electrons. The van der Waals surface area contributed by atoms with Crippen LogP contribution in [0.3, 0.4) is 0 Å². The Hall–Kier alpha value is -0.0400. The van der Waals surface area contributed by atoms with Crippen LogP contribution in [0.2, 0.25) is 15.1 Å². The lowest BCUT2D eigenvalue weighted by Crippen LogP contribution is -3.12. The Morgan fingerprint density at radius 1 is 1.11 bits per heavy atom. The maximum atomic E-state index is 12.5. The zero-order valence-electron chi connectivity index (χ0n) is 10.3. The smallest absolute Gasteiger partial charge is 0.245 e. The molecule has 1 heterocycles. The lowest BCUT2D eigenvalue weighted by atomic mass is 10.4. The highest BCUT2D eigenvalue weighted by molar-refractivity contribution is 7.89. The van der Waals surface area contributed by atoms with E-state index in [4.69, 9.17) is 34.8 Å². The summed E-state index contributed by atoms with van der Waals surface area (Å²) in [4.78, 5) is 1.33. The molecule has 0 saturated carbocycles. The first-order valence-electron chi connectivity index (χ1n) is 5.79. The van der Waals surface area contributed by atoms with Gasteiger partial charge in [0, 0.05) is 0 Å². The number of sulfonamides is 1. The molecule has 0 bridgehead atoms. The number of rotatable bonds is 2. The van der Waals surface area contributed by atoms with Crippen molar-refractivity contribution in [3.63, 3.8) is 0 Å². The predicted octanol–water partition coefficient (Wildman–Crippen LogP) is 1.17. The predicted molar refractivity (Wildman–Crippen MR) is 76.9 cm³/mol. The van der Waals surface area contributed by atoms with Gasteiger partial charge >= 0.3 is 0 Å². The average molecular weight is 345 g/mol. The Balaban J connectivity index is 2.38. The summed E-state index contributed by atoms with van der Waals surface area (Å²) >= 11 is 17.7. The van der Waals surface area contributed by atoms with Crippen molar-refractivity contribution in [2.75, 3.05) is 33.2 Å². The van der Waals surface area contributed by atoms with Gasteiger partial charge in [0.05, 0.1) is 48.3 Å². The number of quaternary nitrogens is 1. The summed E-state index contributed by atoms with van der Waals surface area (Å²) in [5.41, 5.74) is 0. The molecule has 0 amide bonds. The van der Waals surface area contributed by atoms with Gasteiger partial charge in [-0.25, -0.2) is 8.42 Å². The standard InChI is InChI=1S/C11H13Cl3N2O2S/c1-15-4-6-16(7-5-15)19(17,18)9-3-2-8(12)10(13)11(9)14/h2-3H,4-7H2,1H3/p+1. The summed E-state index contributed by atoms with van der Waals surface area (Å²) < 4.78 is 26.5. The van der Waals surface area contributed by atoms with E-state index in [-0.39, 0.29) is 20.0 Å². The highest BCUT2D eigenvalue weighted by Crippen LogP contribution is 2.36. The highest BCUT2D eigenvalue weighted by atomic mass is 35.5. The van der Waals surface area contributed by atoms with Gasteiger partial charge in [-0.1, -0.05) is 34.8 Å². The van der Waals surface area contributed by atoms with Gasteiger partial charge in [0.1, 0.15) is 4.90 Å². The second kappa shape index (κ2) is 5.76. The summed E-state index contributed by atoms with van der Waals surface area (Å²) in [6.45, 7) is 2.51. The maximum absolute atomic E-state index is 12.5. The molecule has 1 aliphatic heterocycles.